The average Bonchev–Trinajstić information content (AvgIpc) is 3.17. The highest BCUT2D eigenvalue weighted by Gasteiger charge is 2.42. The van der Waals surface area contributed by atoms with E-state index in [1.807, 2.05) is 0 Å². The molecule has 1 aliphatic rings. The molecule has 0 fully saturated rings. The van der Waals surface area contributed by atoms with Crippen LogP contribution in [0.25, 0.3) is 43.8 Å². The first-order valence-electron chi connectivity index (χ1n) is 10.0. The van der Waals surface area contributed by atoms with Crippen molar-refractivity contribution in [2.75, 3.05) is 0 Å². The molecule has 0 heterocycles. The molecule has 13 heteroatoms. The second kappa shape index (κ2) is 7.59. The molecule has 3 nitrogen and oxygen atoms in total. The number of rotatable bonds is 0. The Morgan fingerprint density at radius 1 is 0.500 bits per heavy atom. The van der Waals surface area contributed by atoms with Gasteiger partial charge in [-0.05, 0) is 34.9 Å². The molecule has 0 unspecified atom stereocenters. The average molecular weight is 535 g/mol. The van der Waals surface area contributed by atoms with Crippen molar-refractivity contribution in [1.82, 2.24) is 0 Å². The quantitative estimate of drug-likeness (QED) is 0.0878. The number of nitriles is 3. The molecule has 4 aromatic rings. The number of alkyl halides is 6. The first kappa shape index (κ1) is 24.8. The van der Waals surface area contributed by atoms with Crippen LogP contribution < -0.4 is 0 Å². The molecule has 0 amide bonds. The van der Waals surface area contributed by atoms with Gasteiger partial charge >= 0.3 is 12.4 Å². The van der Waals surface area contributed by atoms with E-state index in [-0.39, 0.29) is 0 Å². The lowest BCUT2D eigenvalue weighted by atomic mass is 9.86. The predicted octanol–water partition coefficient (Wildman–Crippen LogP) is 7.85. The lowest BCUT2D eigenvalue weighted by molar-refractivity contribution is -0.138. The van der Waals surface area contributed by atoms with Gasteiger partial charge in [-0.15, -0.1) is 0 Å². The van der Waals surface area contributed by atoms with Gasteiger partial charge < -0.3 is 0 Å². The molecule has 38 heavy (non-hydrogen) atoms. The molecule has 0 spiro atoms. The molecule has 0 saturated heterocycles. The van der Waals surface area contributed by atoms with E-state index in [2.05, 4.69) is 0 Å². The monoisotopic (exact) mass is 535 g/mol. The molecule has 5 rings (SSSR count). The summed E-state index contributed by atoms with van der Waals surface area (Å²) < 4.78 is 142. The van der Waals surface area contributed by atoms with Gasteiger partial charge in [0.2, 0.25) is 0 Å². The van der Waals surface area contributed by atoms with E-state index in [0.29, 0.717) is 18.2 Å². The van der Waals surface area contributed by atoms with Gasteiger partial charge in [0, 0.05) is 27.1 Å². The molecular weight excluding hydrogens is 532 g/mol. The molecule has 0 aliphatic heterocycles. The van der Waals surface area contributed by atoms with Gasteiger partial charge in [0.1, 0.15) is 12.1 Å². The maximum atomic E-state index is 15.1. The summed E-state index contributed by atoms with van der Waals surface area (Å²) in [7, 11) is 0. The summed E-state index contributed by atoms with van der Waals surface area (Å²) in [6, 6.07) is 5.11. The molecule has 0 saturated carbocycles. The van der Waals surface area contributed by atoms with Crippen LogP contribution in [-0.4, -0.2) is 0 Å². The van der Waals surface area contributed by atoms with E-state index in [1.165, 1.54) is 18.2 Å². The minimum atomic E-state index is -5.37. The van der Waals surface area contributed by atoms with Crippen LogP contribution in [0.2, 0.25) is 0 Å². The number of fused-ring (bicyclic) bond motifs is 5. The van der Waals surface area contributed by atoms with Gasteiger partial charge in [-0.3, -0.25) is 0 Å². The third-order valence-corrected chi connectivity index (χ3v) is 6.27. The maximum Gasteiger partial charge on any atom is 0.417 e. The number of hydrogen-bond acceptors (Lipinski definition) is 3. The molecular formula is C25H3F10N3. The molecule has 188 valence electrons. The highest BCUT2D eigenvalue weighted by Crippen LogP contribution is 2.56. The molecule has 0 aromatic heterocycles. The predicted molar refractivity (Wildman–Crippen MR) is 110 cm³/mol. The zero-order valence-electron chi connectivity index (χ0n) is 17.9. The second-order valence-electron chi connectivity index (χ2n) is 8.13. The van der Waals surface area contributed by atoms with Crippen LogP contribution in [0.3, 0.4) is 0 Å². The fraction of sp³-hybridized carbons (Fsp3) is 0.0800. The van der Waals surface area contributed by atoms with Crippen LogP contribution in [0.5, 0.6) is 0 Å². The van der Waals surface area contributed by atoms with Crippen molar-refractivity contribution >= 4 is 21.5 Å². The third-order valence-electron chi connectivity index (χ3n) is 6.27. The van der Waals surface area contributed by atoms with E-state index in [4.69, 9.17) is 0 Å². The first-order valence-corrected chi connectivity index (χ1v) is 10.0. The van der Waals surface area contributed by atoms with Gasteiger partial charge in [0.15, 0.2) is 23.3 Å². The Bertz CT molecular complexity index is 1910. The van der Waals surface area contributed by atoms with Crippen molar-refractivity contribution in [3.63, 3.8) is 0 Å². The van der Waals surface area contributed by atoms with E-state index >= 15 is 8.78 Å². The number of hydrogen-bond donors (Lipinski definition) is 0. The van der Waals surface area contributed by atoms with Crippen LogP contribution >= 0.6 is 0 Å². The maximum absolute atomic E-state index is 15.1. The molecule has 0 bridgehead atoms. The summed E-state index contributed by atoms with van der Waals surface area (Å²) in [5, 5.41) is 24.3. The Kier molecular flexibility index (Phi) is 4.96. The molecule has 1 aliphatic carbocycles. The normalized spacial score (nSPS) is 12.4. The van der Waals surface area contributed by atoms with Crippen molar-refractivity contribution in [3.05, 3.63) is 69.3 Å². The smallest absolute Gasteiger partial charge is 0.203 e. The van der Waals surface area contributed by atoms with Crippen molar-refractivity contribution in [3.8, 4) is 40.5 Å². The third kappa shape index (κ3) is 3.00. The van der Waals surface area contributed by atoms with Crippen LogP contribution in [0.4, 0.5) is 43.9 Å². The van der Waals surface area contributed by atoms with E-state index < -0.39 is 107 Å². The van der Waals surface area contributed by atoms with Crippen LogP contribution in [-0.2, 0) is 12.4 Å². The molecule has 0 N–H and O–H groups in total. The van der Waals surface area contributed by atoms with Gasteiger partial charge in [0.25, 0.3) is 0 Å². The van der Waals surface area contributed by atoms with Crippen molar-refractivity contribution in [1.29, 1.82) is 15.8 Å². The van der Waals surface area contributed by atoms with Crippen LogP contribution in [0.15, 0.2) is 18.2 Å². The zero-order chi connectivity index (χ0) is 28.1. The van der Waals surface area contributed by atoms with Crippen LogP contribution in [0, 0.1) is 57.3 Å². The highest BCUT2D eigenvalue weighted by molar-refractivity contribution is 6.27. The first-order chi connectivity index (χ1) is 17.7. The summed E-state index contributed by atoms with van der Waals surface area (Å²) in [5.74, 6) is -9.24. The summed E-state index contributed by atoms with van der Waals surface area (Å²) >= 11 is 0. The summed E-state index contributed by atoms with van der Waals surface area (Å²) in [5.41, 5.74) is -8.98. The Balaban J connectivity index is 2.22. The zero-order valence-corrected chi connectivity index (χ0v) is 17.9. The van der Waals surface area contributed by atoms with E-state index in [1.54, 1.807) is 0 Å². The van der Waals surface area contributed by atoms with Gasteiger partial charge in [-0.1, -0.05) is 0 Å². The van der Waals surface area contributed by atoms with Gasteiger partial charge in [-0.25, -0.2) is 17.6 Å². The topological polar surface area (TPSA) is 71.4 Å². The highest BCUT2D eigenvalue weighted by atomic mass is 19.4. The van der Waals surface area contributed by atoms with E-state index in [0.717, 1.165) is 0 Å². The number of nitrogens with zero attached hydrogens (tertiary/aromatic N) is 3. The molecule has 4 aromatic carbocycles. The van der Waals surface area contributed by atoms with Crippen molar-refractivity contribution in [2.24, 2.45) is 0 Å². The summed E-state index contributed by atoms with van der Waals surface area (Å²) in [6.45, 7) is 0. The minimum absolute atomic E-state index is 0.295. The Labute approximate surface area is 204 Å². The number of halogens is 10. The lowest BCUT2D eigenvalue weighted by Crippen LogP contribution is -2.10. The Morgan fingerprint density at radius 2 is 1.03 bits per heavy atom. The Hall–Kier alpha value is -4.83. The number of benzene rings is 4. The Morgan fingerprint density at radius 3 is 1.53 bits per heavy atom. The standard InChI is InChI=1S/C25H3F10N3/c26-20-18-12(6-38)15-9-1-7(4-36)13(24(30,31)32)2-8(9)10-3-14(25(33,34)35)11(5-37)17(16(10)15)19(18)21(27)23(29)22(20)28/h1-3H. The van der Waals surface area contributed by atoms with Gasteiger partial charge in [0.05, 0.1) is 33.9 Å². The van der Waals surface area contributed by atoms with Gasteiger partial charge in [-0.2, -0.15) is 42.1 Å². The fourth-order valence-electron chi connectivity index (χ4n) is 4.83. The van der Waals surface area contributed by atoms with Crippen molar-refractivity contribution < 1.29 is 43.9 Å². The van der Waals surface area contributed by atoms with Crippen LogP contribution in [0.1, 0.15) is 27.8 Å². The fourth-order valence-corrected chi connectivity index (χ4v) is 4.83. The molecule has 0 radical (unpaired) electrons. The lowest BCUT2D eigenvalue weighted by Gasteiger charge is -2.17. The van der Waals surface area contributed by atoms with E-state index in [9.17, 15) is 50.9 Å². The SMILES string of the molecule is N#Cc1cc2c(cc1C(F)(F)F)-c1cc(C(F)(F)F)c(C#N)c3c1c-2c(C#N)c1c(F)c(F)c(F)c(F)c13. The van der Waals surface area contributed by atoms with Crippen molar-refractivity contribution in [2.45, 2.75) is 12.4 Å². The summed E-state index contributed by atoms with van der Waals surface area (Å²) in [6.07, 6.45) is -10.5. The largest absolute Gasteiger partial charge is 0.417 e. The second-order valence-corrected chi connectivity index (χ2v) is 8.13. The molecule has 0 atom stereocenters. The minimum Gasteiger partial charge on any atom is -0.203 e. The summed E-state index contributed by atoms with van der Waals surface area (Å²) in [4.78, 5) is 0.